The molecule has 0 aliphatic heterocycles. The molecule has 0 bridgehead atoms. The molecule has 3 nitrogen and oxygen atoms in total. The Morgan fingerprint density at radius 1 is 1.29 bits per heavy atom. The van der Waals surface area contributed by atoms with Crippen LogP contribution in [0.25, 0.3) is 0 Å². The zero-order chi connectivity index (χ0) is 10.6. The average molecular weight is 200 g/mol. The van der Waals surface area contributed by atoms with Gasteiger partial charge >= 0.3 is 0 Å². The summed E-state index contributed by atoms with van der Waals surface area (Å²) in [6.07, 6.45) is 0. The number of hydrogen-bond acceptors (Lipinski definition) is 3. The molecule has 0 unspecified atom stereocenters. The van der Waals surface area contributed by atoms with Gasteiger partial charge in [0.1, 0.15) is 5.75 Å². The molecule has 0 aliphatic rings. The van der Waals surface area contributed by atoms with Crippen LogP contribution in [0.15, 0.2) is 12.1 Å². The molecular weight excluding hydrogens is 187 g/mol. The smallest absolute Gasteiger partial charge is 0.188 e. The minimum Gasteiger partial charge on any atom is -0.496 e. The van der Waals surface area contributed by atoms with E-state index >= 15 is 0 Å². The number of methoxy groups -OCH3 is 2. The zero-order valence-corrected chi connectivity index (χ0v) is 8.46. The molecule has 0 heterocycles. The van der Waals surface area contributed by atoms with Crippen molar-refractivity contribution in [3.63, 3.8) is 0 Å². The van der Waals surface area contributed by atoms with Crippen molar-refractivity contribution in [3.05, 3.63) is 23.5 Å². The highest BCUT2D eigenvalue weighted by molar-refractivity contribution is 5.44. The van der Waals surface area contributed by atoms with Crippen molar-refractivity contribution in [3.8, 4) is 11.5 Å². The molecule has 0 saturated carbocycles. The van der Waals surface area contributed by atoms with Crippen molar-refractivity contribution in [2.45, 2.75) is 6.92 Å². The highest BCUT2D eigenvalue weighted by Crippen LogP contribution is 2.30. The summed E-state index contributed by atoms with van der Waals surface area (Å²) in [7, 11) is 3.01. The van der Waals surface area contributed by atoms with Crippen LogP contribution in [0.3, 0.4) is 0 Å². The summed E-state index contributed by atoms with van der Waals surface area (Å²) in [5.74, 6) is 0.351. The van der Waals surface area contributed by atoms with Gasteiger partial charge in [-0.1, -0.05) is 0 Å². The second-order valence-corrected chi connectivity index (χ2v) is 2.75. The molecule has 0 atom stereocenters. The van der Waals surface area contributed by atoms with Crippen LogP contribution in [0, 0.1) is 12.7 Å². The standard InChI is InChI=1S/C10H13FO3/c1-7-9(13-3)5-4-8(11)10(7)14-6-12-2/h4-5H,6H2,1-3H3. The van der Waals surface area contributed by atoms with Gasteiger partial charge in [0.15, 0.2) is 18.4 Å². The molecule has 14 heavy (non-hydrogen) atoms. The van der Waals surface area contributed by atoms with Gasteiger partial charge in [-0.3, -0.25) is 0 Å². The molecule has 1 aromatic carbocycles. The molecule has 0 aliphatic carbocycles. The maximum Gasteiger partial charge on any atom is 0.188 e. The van der Waals surface area contributed by atoms with Gasteiger partial charge in [0.25, 0.3) is 0 Å². The molecule has 0 radical (unpaired) electrons. The lowest BCUT2D eigenvalue weighted by atomic mass is 10.2. The van der Waals surface area contributed by atoms with Gasteiger partial charge in [-0.15, -0.1) is 0 Å². The van der Waals surface area contributed by atoms with Gasteiger partial charge in [-0.25, -0.2) is 4.39 Å². The molecule has 1 aromatic rings. The number of hydrogen-bond donors (Lipinski definition) is 0. The fourth-order valence-corrected chi connectivity index (χ4v) is 1.16. The van der Waals surface area contributed by atoms with Crippen LogP contribution in [-0.4, -0.2) is 21.0 Å². The average Bonchev–Trinajstić information content (AvgIpc) is 2.18. The first kappa shape index (κ1) is 10.8. The van der Waals surface area contributed by atoms with Crippen molar-refractivity contribution >= 4 is 0 Å². The highest BCUT2D eigenvalue weighted by atomic mass is 19.1. The predicted molar refractivity (Wildman–Crippen MR) is 50.2 cm³/mol. The van der Waals surface area contributed by atoms with Gasteiger partial charge in [0, 0.05) is 12.7 Å². The zero-order valence-electron chi connectivity index (χ0n) is 8.46. The molecular formula is C10H13FO3. The van der Waals surface area contributed by atoms with Gasteiger partial charge < -0.3 is 14.2 Å². The Morgan fingerprint density at radius 3 is 2.57 bits per heavy atom. The molecule has 0 fully saturated rings. The maximum absolute atomic E-state index is 13.3. The van der Waals surface area contributed by atoms with Gasteiger partial charge in [-0.2, -0.15) is 0 Å². The summed E-state index contributed by atoms with van der Waals surface area (Å²) in [5.41, 5.74) is 0.629. The summed E-state index contributed by atoms with van der Waals surface area (Å²) in [6, 6.07) is 2.86. The molecule has 0 spiro atoms. The Kier molecular flexibility index (Phi) is 3.71. The topological polar surface area (TPSA) is 27.7 Å². The van der Waals surface area contributed by atoms with Crippen LogP contribution in [-0.2, 0) is 4.74 Å². The lowest BCUT2D eigenvalue weighted by Gasteiger charge is -2.11. The summed E-state index contributed by atoms with van der Waals surface area (Å²) >= 11 is 0. The van der Waals surface area contributed by atoms with E-state index in [1.165, 1.54) is 20.3 Å². The molecule has 0 amide bonds. The first-order chi connectivity index (χ1) is 6.70. The monoisotopic (exact) mass is 200 g/mol. The van der Waals surface area contributed by atoms with E-state index in [2.05, 4.69) is 0 Å². The predicted octanol–water partition coefficient (Wildman–Crippen LogP) is 2.13. The second kappa shape index (κ2) is 4.81. The van der Waals surface area contributed by atoms with E-state index in [1.54, 1.807) is 13.0 Å². The molecule has 0 saturated heterocycles. The number of halogens is 1. The third-order valence-corrected chi connectivity index (χ3v) is 1.85. The van der Waals surface area contributed by atoms with E-state index in [0.29, 0.717) is 11.3 Å². The van der Waals surface area contributed by atoms with Crippen LogP contribution in [0.4, 0.5) is 4.39 Å². The summed E-state index contributed by atoms with van der Waals surface area (Å²) in [5, 5.41) is 0. The minimum absolute atomic E-state index is 0.0188. The molecule has 1 rings (SSSR count). The van der Waals surface area contributed by atoms with Crippen LogP contribution in [0.2, 0.25) is 0 Å². The maximum atomic E-state index is 13.3. The largest absolute Gasteiger partial charge is 0.496 e. The van der Waals surface area contributed by atoms with Crippen LogP contribution >= 0.6 is 0 Å². The van der Waals surface area contributed by atoms with E-state index in [-0.39, 0.29) is 12.5 Å². The van der Waals surface area contributed by atoms with Crippen molar-refractivity contribution < 1.29 is 18.6 Å². The number of ether oxygens (including phenoxy) is 3. The molecule has 4 heteroatoms. The Morgan fingerprint density at radius 2 is 2.00 bits per heavy atom. The Labute approximate surface area is 82.4 Å². The highest BCUT2D eigenvalue weighted by Gasteiger charge is 2.11. The van der Waals surface area contributed by atoms with Gasteiger partial charge in [-0.05, 0) is 19.1 Å². The first-order valence-corrected chi connectivity index (χ1v) is 4.15. The Bertz CT molecular complexity index is 312. The van der Waals surface area contributed by atoms with Crippen molar-refractivity contribution in [1.82, 2.24) is 0 Å². The first-order valence-electron chi connectivity index (χ1n) is 4.15. The number of rotatable bonds is 4. The van der Waals surface area contributed by atoms with Gasteiger partial charge in [0.05, 0.1) is 7.11 Å². The minimum atomic E-state index is -0.416. The van der Waals surface area contributed by atoms with E-state index in [9.17, 15) is 4.39 Å². The molecule has 0 N–H and O–H groups in total. The third-order valence-electron chi connectivity index (χ3n) is 1.85. The molecule has 78 valence electrons. The summed E-state index contributed by atoms with van der Waals surface area (Å²) in [4.78, 5) is 0. The van der Waals surface area contributed by atoms with E-state index in [1.807, 2.05) is 0 Å². The Balaban J connectivity index is 2.99. The normalized spacial score (nSPS) is 10.0. The van der Waals surface area contributed by atoms with Crippen LogP contribution in [0.1, 0.15) is 5.56 Å². The summed E-state index contributed by atoms with van der Waals surface area (Å²) in [6.45, 7) is 1.75. The third kappa shape index (κ3) is 2.14. The van der Waals surface area contributed by atoms with Crippen LogP contribution < -0.4 is 9.47 Å². The second-order valence-electron chi connectivity index (χ2n) is 2.75. The van der Waals surface area contributed by atoms with Crippen molar-refractivity contribution in [2.75, 3.05) is 21.0 Å². The Hall–Kier alpha value is -1.29. The van der Waals surface area contributed by atoms with E-state index in [0.717, 1.165) is 0 Å². The quantitative estimate of drug-likeness (QED) is 0.697. The fraction of sp³-hybridized carbons (Fsp3) is 0.400. The fourth-order valence-electron chi connectivity index (χ4n) is 1.16. The molecule has 0 aromatic heterocycles. The van der Waals surface area contributed by atoms with Crippen molar-refractivity contribution in [1.29, 1.82) is 0 Å². The lowest BCUT2D eigenvalue weighted by Crippen LogP contribution is -2.03. The summed E-state index contributed by atoms with van der Waals surface area (Å²) < 4.78 is 28.1. The van der Waals surface area contributed by atoms with E-state index in [4.69, 9.17) is 14.2 Å². The SMILES string of the molecule is COCOc1c(F)ccc(OC)c1C. The van der Waals surface area contributed by atoms with Crippen LogP contribution in [0.5, 0.6) is 11.5 Å². The van der Waals surface area contributed by atoms with Crippen molar-refractivity contribution in [2.24, 2.45) is 0 Å². The lowest BCUT2D eigenvalue weighted by molar-refractivity contribution is 0.0475. The number of benzene rings is 1. The van der Waals surface area contributed by atoms with Gasteiger partial charge in [0.2, 0.25) is 0 Å². The van der Waals surface area contributed by atoms with E-state index < -0.39 is 5.82 Å².